The van der Waals surface area contributed by atoms with Crippen molar-refractivity contribution in [3.05, 3.63) is 64.4 Å². The molecule has 1 aromatic heterocycles. The third-order valence-corrected chi connectivity index (χ3v) is 4.21. The molecular formula is C14H11N3O4S. The van der Waals surface area contributed by atoms with E-state index in [0.717, 1.165) is 5.56 Å². The molecule has 3 aromatic rings. The van der Waals surface area contributed by atoms with E-state index in [0.29, 0.717) is 10.4 Å². The van der Waals surface area contributed by atoms with Crippen molar-refractivity contribution in [1.29, 1.82) is 0 Å². The number of hydrogen-bond acceptors (Lipinski definition) is 6. The Balaban J connectivity index is 2.04. The van der Waals surface area contributed by atoms with E-state index in [1.165, 1.54) is 18.2 Å². The predicted molar refractivity (Wildman–Crippen MR) is 78.7 cm³/mol. The number of hydrogen-bond donors (Lipinski definition) is 0. The van der Waals surface area contributed by atoms with Crippen molar-refractivity contribution in [3.8, 4) is 0 Å². The first-order valence-electron chi connectivity index (χ1n) is 6.34. The van der Waals surface area contributed by atoms with Crippen LogP contribution in [0.25, 0.3) is 10.9 Å². The van der Waals surface area contributed by atoms with Gasteiger partial charge < -0.3 is 0 Å². The van der Waals surface area contributed by atoms with E-state index in [2.05, 4.69) is 10.3 Å². The minimum atomic E-state index is -4.16. The van der Waals surface area contributed by atoms with Gasteiger partial charge in [-0.25, -0.2) is 0 Å². The predicted octanol–water partition coefficient (Wildman–Crippen LogP) is 0.917. The maximum atomic E-state index is 12.2. The molecule has 0 atom stereocenters. The Hall–Kier alpha value is -2.74. The SMILES string of the molecule is Cc1ccc(S(=O)(=O)On2nnc3ccccc3c2=O)cc1. The largest absolute Gasteiger partial charge is 0.358 e. The molecule has 3 rings (SSSR count). The molecule has 8 heteroatoms. The molecule has 0 fully saturated rings. The van der Waals surface area contributed by atoms with Gasteiger partial charge in [-0.15, -0.1) is 5.10 Å². The number of aryl methyl sites for hydroxylation is 1. The third-order valence-electron chi connectivity index (χ3n) is 3.02. The maximum Gasteiger partial charge on any atom is 0.358 e. The zero-order valence-electron chi connectivity index (χ0n) is 11.5. The summed E-state index contributed by atoms with van der Waals surface area (Å²) in [5, 5.41) is 7.46. The fraction of sp³-hybridized carbons (Fsp3) is 0.0714. The Morgan fingerprint density at radius 3 is 2.45 bits per heavy atom. The number of nitrogens with zero attached hydrogens (tertiary/aromatic N) is 3. The quantitative estimate of drug-likeness (QED) is 0.713. The van der Waals surface area contributed by atoms with Crippen LogP contribution in [0.4, 0.5) is 0 Å². The summed E-state index contributed by atoms with van der Waals surface area (Å²) < 4.78 is 29.1. The normalized spacial score (nSPS) is 11.5. The smallest absolute Gasteiger partial charge is 0.263 e. The molecular weight excluding hydrogens is 306 g/mol. The molecule has 0 aliphatic carbocycles. The molecule has 0 saturated carbocycles. The van der Waals surface area contributed by atoms with Gasteiger partial charge in [-0.3, -0.25) is 9.08 Å². The van der Waals surface area contributed by atoms with Gasteiger partial charge in [-0.2, -0.15) is 8.42 Å². The van der Waals surface area contributed by atoms with Crippen molar-refractivity contribution < 1.29 is 12.7 Å². The molecule has 22 heavy (non-hydrogen) atoms. The Kier molecular flexibility index (Phi) is 3.38. The molecule has 1 heterocycles. The highest BCUT2D eigenvalue weighted by Crippen LogP contribution is 2.11. The van der Waals surface area contributed by atoms with E-state index < -0.39 is 15.7 Å². The summed E-state index contributed by atoms with van der Waals surface area (Å²) in [6.07, 6.45) is 0. The summed E-state index contributed by atoms with van der Waals surface area (Å²) in [7, 11) is -4.16. The molecule has 0 spiro atoms. The number of rotatable bonds is 3. The van der Waals surface area contributed by atoms with Gasteiger partial charge >= 0.3 is 15.7 Å². The summed E-state index contributed by atoms with van der Waals surface area (Å²) in [5.41, 5.74) is 0.572. The fourth-order valence-electron chi connectivity index (χ4n) is 1.86. The van der Waals surface area contributed by atoms with Crippen LogP contribution in [0, 0.1) is 6.92 Å². The molecule has 0 bridgehead atoms. The lowest BCUT2D eigenvalue weighted by Gasteiger charge is -2.07. The van der Waals surface area contributed by atoms with Gasteiger partial charge in [-0.1, -0.05) is 29.8 Å². The topological polar surface area (TPSA) is 91.2 Å². The van der Waals surface area contributed by atoms with Crippen LogP contribution in [0.3, 0.4) is 0 Å². The van der Waals surface area contributed by atoms with Gasteiger partial charge in [0.2, 0.25) is 0 Å². The standard InChI is InChI=1S/C14H11N3O4S/c1-10-6-8-11(9-7-10)22(19,20)21-17-14(18)12-4-2-3-5-13(12)15-16-17/h2-9H,1H3. The van der Waals surface area contributed by atoms with Crippen molar-refractivity contribution in [2.45, 2.75) is 11.8 Å². The van der Waals surface area contributed by atoms with Crippen LogP contribution in [0.5, 0.6) is 0 Å². The van der Waals surface area contributed by atoms with Crippen molar-refractivity contribution in [1.82, 2.24) is 15.2 Å². The lowest BCUT2D eigenvalue weighted by molar-refractivity contribution is 0.215. The second kappa shape index (κ2) is 5.23. The van der Waals surface area contributed by atoms with Crippen LogP contribution in [-0.4, -0.2) is 23.6 Å². The zero-order chi connectivity index (χ0) is 15.7. The van der Waals surface area contributed by atoms with Crippen LogP contribution in [0.1, 0.15) is 5.56 Å². The highest BCUT2D eigenvalue weighted by Gasteiger charge is 2.19. The average Bonchev–Trinajstić information content (AvgIpc) is 2.51. The van der Waals surface area contributed by atoms with Gasteiger partial charge in [0, 0.05) is 0 Å². The van der Waals surface area contributed by atoms with Gasteiger partial charge in [0.25, 0.3) is 0 Å². The second-order valence-corrected chi connectivity index (χ2v) is 6.16. The lowest BCUT2D eigenvalue weighted by atomic mass is 10.2. The monoisotopic (exact) mass is 317 g/mol. The van der Waals surface area contributed by atoms with Crippen LogP contribution in [0.15, 0.2) is 58.2 Å². The summed E-state index contributed by atoms with van der Waals surface area (Å²) in [5.74, 6) is 0. The van der Waals surface area contributed by atoms with E-state index in [9.17, 15) is 13.2 Å². The van der Waals surface area contributed by atoms with E-state index in [1.807, 2.05) is 6.92 Å². The Labute approximate surface area is 125 Å². The Morgan fingerprint density at radius 1 is 1.05 bits per heavy atom. The van der Waals surface area contributed by atoms with E-state index in [1.54, 1.807) is 30.3 Å². The highest BCUT2D eigenvalue weighted by molar-refractivity contribution is 7.87. The Morgan fingerprint density at radius 2 is 1.73 bits per heavy atom. The second-order valence-electron chi connectivity index (χ2n) is 4.63. The summed E-state index contributed by atoms with van der Waals surface area (Å²) in [6, 6.07) is 12.5. The first-order chi connectivity index (χ1) is 10.5. The lowest BCUT2D eigenvalue weighted by Crippen LogP contribution is -2.33. The number of aromatic nitrogens is 3. The molecule has 112 valence electrons. The maximum absolute atomic E-state index is 12.2. The molecule has 0 aliphatic rings. The van der Waals surface area contributed by atoms with Crippen molar-refractivity contribution in [2.75, 3.05) is 0 Å². The first kappa shape index (κ1) is 14.2. The molecule has 7 nitrogen and oxygen atoms in total. The van der Waals surface area contributed by atoms with Gasteiger partial charge in [-0.05, 0) is 41.2 Å². The minimum Gasteiger partial charge on any atom is -0.263 e. The van der Waals surface area contributed by atoms with Gasteiger partial charge in [0.05, 0.1) is 5.39 Å². The summed E-state index contributed by atoms with van der Waals surface area (Å²) in [6.45, 7) is 1.83. The zero-order valence-corrected chi connectivity index (χ0v) is 12.3. The van der Waals surface area contributed by atoms with Crippen molar-refractivity contribution in [3.63, 3.8) is 0 Å². The van der Waals surface area contributed by atoms with E-state index >= 15 is 0 Å². The molecule has 0 N–H and O–H groups in total. The Bertz CT molecular complexity index is 995. The van der Waals surface area contributed by atoms with Crippen LogP contribution in [0.2, 0.25) is 0 Å². The van der Waals surface area contributed by atoms with Crippen LogP contribution >= 0.6 is 0 Å². The third kappa shape index (κ3) is 2.56. The molecule has 2 aromatic carbocycles. The van der Waals surface area contributed by atoms with E-state index in [-0.39, 0.29) is 10.3 Å². The summed E-state index contributed by atoms with van der Waals surface area (Å²) >= 11 is 0. The minimum absolute atomic E-state index is 0.0695. The first-order valence-corrected chi connectivity index (χ1v) is 7.75. The number of benzene rings is 2. The molecule has 0 amide bonds. The summed E-state index contributed by atoms with van der Waals surface area (Å²) in [4.78, 5) is 12.5. The van der Waals surface area contributed by atoms with E-state index in [4.69, 9.17) is 4.28 Å². The molecule has 0 radical (unpaired) electrons. The fourth-order valence-corrected chi connectivity index (χ4v) is 2.70. The highest BCUT2D eigenvalue weighted by atomic mass is 32.2. The average molecular weight is 317 g/mol. The van der Waals surface area contributed by atoms with Gasteiger partial charge in [0.1, 0.15) is 10.4 Å². The van der Waals surface area contributed by atoms with Crippen LogP contribution < -0.4 is 9.84 Å². The molecule has 0 aliphatic heterocycles. The van der Waals surface area contributed by atoms with Crippen LogP contribution in [-0.2, 0) is 10.1 Å². The molecule has 0 unspecified atom stereocenters. The van der Waals surface area contributed by atoms with Crippen molar-refractivity contribution >= 4 is 21.0 Å². The van der Waals surface area contributed by atoms with Crippen molar-refractivity contribution in [2.24, 2.45) is 0 Å². The van der Waals surface area contributed by atoms with Gasteiger partial charge in [0.15, 0.2) is 0 Å². The number of fused-ring (bicyclic) bond motifs is 1. The molecule has 0 saturated heterocycles.